The number of ether oxygens (including phenoxy) is 1. The summed E-state index contributed by atoms with van der Waals surface area (Å²) in [5, 5.41) is 4.03. The molecule has 3 nitrogen and oxygen atoms in total. The Bertz CT molecular complexity index is 681. The van der Waals surface area contributed by atoms with Crippen LogP contribution in [0.2, 0.25) is 0 Å². The second-order valence-corrected chi connectivity index (χ2v) is 4.55. The van der Waals surface area contributed by atoms with Gasteiger partial charge in [0.2, 0.25) is 0 Å². The van der Waals surface area contributed by atoms with E-state index in [9.17, 15) is 13.2 Å². The first-order chi connectivity index (χ1) is 10.4. The highest BCUT2D eigenvalue weighted by molar-refractivity contribution is 6.01. The van der Waals surface area contributed by atoms with Gasteiger partial charge in [0.15, 0.2) is 0 Å². The van der Waals surface area contributed by atoms with E-state index in [1.54, 1.807) is 25.1 Å². The highest BCUT2D eigenvalue weighted by Crippen LogP contribution is 2.34. The molecule has 0 heterocycles. The van der Waals surface area contributed by atoms with E-state index in [-0.39, 0.29) is 5.69 Å². The van der Waals surface area contributed by atoms with Crippen molar-refractivity contribution in [2.45, 2.75) is 13.1 Å². The number of rotatable bonds is 4. The molecule has 6 heteroatoms. The maximum absolute atomic E-state index is 12.9. The zero-order chi connectivity index (χ0) is 16.2. The van der Waals surface area contributed by atoms with Gasteiger partial charge in [-0.05, 0) is 31.2 Å². The zero-order valence-corrected chi connectivity index (χ0v) is 12.1. The molecule has 0 spiro atoms. The predicted octanol–water partition coefficient (Wildman–Crippen LogP) is 4.55. The van der Waals surface area contributed by atoms with Crippen LogP contribution in [0.3, 0.4) is 0 Å². The Kier molecular flexibility index (Phi) is 4.70. The Labute approximate surface area is 126 Å². The van der Waals surface area contributed by atoms with Crippen LogP contribution < -0.4 is 10.2 Å². The fraction of sp³-hybridized carbons (Fsp3) is 0.188. The summed E-state index contributed by atoms with van der Waals surface area (Å²) in [4.78, 5) is 0. The quantitative estimate of drug-likeness (QED) is 0.664. The summed E-state index contributed by atoms with van der Waals surface area (Å²) >= 11 is 0. The Morgan fingerprint density at radius 1 is 1.05 bits per heavy atom. The number of hydrazone groups is 1. The van der Waals surface area contributed by atoms with Gasteiger partial charge in [-0.3, -0.25) is 5.43 Å². The molecule has 2 aromatic rings. The van der Waals surface area contributed by atoms with Crippen molar-refractivity contribution < 1.29 is 17.9 Å². The molecule has 2 aromatic carbocycles. The second-order valence-electron chi connectivity index (χ2n) is 4.55. The molecule has 1 N–H and O–H groups in total. The third kappa shape index (κ3) is 3.58. The fourth-order valence-electron chi connectivity index (χ4n) is 1.98. The minimum atomic E-state index is -4.43. The first-order valence-corrected chi connectivity index (χ1v) is 6.53. The fourth-order valence-corrected chi connectivity index (χ4v) is 1.98. The van der Waals surface area contributed by atoms with Crippen LogP contribution in [0.25, 0.3) is 0 Å². The number of methoxy groups -OCH3 is 1. The van der Waals surface area contributed by atoms with E-state index >= 15 is 0 Å². The van der Waals surface area contributed by atoms with Crippen LogP contribution in [0.1, 0.15) is 18.1 Å². The summed E-state index contributed by atoms with van der Waals surface area (Å²) in [6, 6.07) is 12.4. The minimum Gasteiger partial charge on any atom is -0.496 e. The first-order valence-electron chi connectivity index (χ1n) is 6.53. The van der Waals surface area contributed by atoms with Crippen molar-refractivity contribution in [1.82, 2.24) is 0 Å². The van der Waals surface area contributed by atoms with E-state index in [1.165, 1.54) is 25.3 Å². The van der Waals surface area contributed by atoms with Gasteiger partial charge in [0.25, 0.3) is 0 Å². The molecule has 0 fully saturated rings. The second kappa shape index (κ2) is 6.51. The Hall–Kier alpha value is -2.50. The molecule has 0 aliphatic rings. The van der Waals surface area contributed by atoms with Crippen molar-refractivity contribution in [3.05, 3.63) is 59.7 Å². The summed E-state index contributed by atoms with van der Waals surface area (Å²) in [5.74, 6) is 0.606. The zero-order valence-electron chi connectivity index (χ0n) is 12.1. The van der Waals surface area contributed by atoms with Gasteiger partial charge in [0.1, 0.15) is 5.75 Å². The van der Waals surface area contributed by atoms with Crippen LogP contribution in [0, 0.1) is 0 Å². The average molecular weight is 308 g/mol. The molecule has 0 saturated heterocycles. The summed E-state index contributed by atoms with van der Waals surface area (Å²) in [5.41, 5.74) is 2.86. The third-order valence-corrected chi connectivity index (χ3v) is 3.07. The average Bonchev–Trinajstić information content (AvgIpc) is 2.52. The highest BCUT2D eigenvalue weighted by Gasteiger charge is 2.33. The molecule has 22 heavy (non-hydrogen) atoms. The van der Waals surface area contributed by atoms with E-state index in [2.05, 4.69) is 10.5 Å². The predicted molar refractivity (Wildman–Crippen MR) is 80.3 cm³/mol. The standard InChI is InChI=1S/C16H15F3N2O/c1-11(12-7-3-6-10-15(12)22-2)20-21-14-9-5-4-8-13(14)16(17,18)19/h3-10,21H,1-2H3/b20-11+. The SMILES string of the molecule is COc1ccccc1/C(C)=N/Nc1ccccc1C(F)(F)F. The minimum absolute atomic E-state index is 0.0933. The number of hydrogen-bond acceptors (Lipinski definition) is 3. The summed E-state index contributed by atoms with van der Waals surface area (Å²) in [6.07, 6.45) is -4.43. The lowest BCUT2D eigenvalue weighted by Crippen LogP contribution is -2.09. The van der Waals surface area contributed by atoms with Gasteiger partial charge in [-0.15, -0.1) is 0 Å². The van der Waals surface area contributed by atoms with Crippen molar-refractivity contribution in [3.8, 4) is 5.75 Å². The molecule has 0 aliphatic carbocycles. The molecule has 116 valence electrons. The number of nitrogens with zero attached hydrogens (tertiary/aromatic N) is 1. The van der Waals surface area contributed by atoms with Gasteiger partial charge in [-0.1, -0.05) is 24.3 Å². The number of para-hydroxylation sites is 2. The molecule has 0 amide bonds. The molecule has 0 radical (unpaired) electrons. The van der Waals surface area contributed by atoms with Crippen molar-refractivity contribution in [2.75, 3.05) is 12.5 Å². The molecular formula is C16H15F3N2O. The van der Waals surface area contributed by atoms with Gasteiger partial charge in [0.05, 0.1) is 24.1 Å². The number of anilines is 1. The molecule has 0 aliphatic heterocycles. The molecular weight excluding hydrogens is 293 g/mol. The number of alkyl halides is 3. The summed E-state index contributed by atoms with van der Waals surface area (Å²) < 4.78 is 43.9. The maximum atomic E-state index is 12.9. The lowest BCUT2D eigenvalue weighted by atomic mass is 10.1. The lowest BCUT2D eigenvalue weighted by Gasteiger charge is -2.13. The van der Waals surface area contributed by atoms with E-state index in [4.69, 9.17) is 4.74 Å². The van der Waals surface area contributed by atoms with Crippen molar-refractivity contribution in [2.24, 2.45) is 5.10 Å². The van der Waals surface area contributed by atoms with Gasteiger partial charge in [-0.25, -0.2) is 0 Å². The van der Waals surface area contributed by atoms with Gasteiger partial charge >= 0.3 is 6.18 Å². The smallest absolute Gasteiger partial charge is 0.418 e. The number of hydrogen-bond donors (Lipinski definition) is 1. The van der Waals surface area contributed by atoms with Crippen LogP contribution in [-0.4, -0.2) is 12.8 Å². The lowest BCUT2D eigenvalue weighted by molar-refractivity contribution is -0.136. The van der Waals surface area contributed by atoms with Gasteiger partial charge in [-0.2, -0.15) is 18.3 Å². The number of halogens is 3. The third-order valence-electron chi connectivity index (χ3n) is 3.07. The number of nitrogens with one attached hydrogen (secondary N) is 1. The van der Waals surface area contributed by atoms with Crippen LogP contribution in [0.15, 0.2) is 53.6 Å². The van der Waals surface area contributed by atoms with Gasteiger partial charge in [0, 0.05) is 5.56 Å². The maximum Gasteiger partial charge on any atom is 0.418 e. The van der Waals surface area contributed by atoms with Crippen LogP contribution in [-0.2, 0) is 6.18 Å². The Morgan fingerprint density at radius 3 is 2.36 bits per heavy atom. The van der Waals surface area contributed by atoms with E-state index in [1.807, 2.05) is 6.07 Å². The van der Waals surface area contributed by atoms with Gasteiger partial charge < -0.3 is 4.74 Å². The first kappa shape index (κ1) is 15.9. The van der Waals surface area contributed by atoms with E-state index in [0.717, 1.165) is 6.07 Å². The molecule has 2 rings (SSSR count). The summed E-state index contributed by atoms with van der Waals surface area (Å²) in [6.45, 7) is 1.70. The van der Waals surface area contributed by atoms with Crippen molar-refractivity contribution in [3.63, 3.8) is 0 Å². The van der Waals surface area contributed by atoms with E-state index in [0.29, 0.717) is 17.0 Å². The Morgan fingerprint density at radius 2 is 1.68 bits per heavy atom. The van der Waals surface area contributed by atoms with Crippen LogP contribution >= 0.6 is 0 Å². The molecule has 0 aromatic heterocycles. The van der Waals surface area contributed by atoms with Crippen molar-refractivity contribution in [1.29, 1.82) is 0 Å². The largest absolute Gasteiger partial charge is 0.496 e. The molecule has 0 bridgehead atoms. The highest BCUT2D eigenvalue weighted by atomic mass is 19.4. The molecule has 0 saturated carbocycles. The number of benzene rings is 2. The van der Waals surface area contributed by atoms with Crippen LogP contribution in [0.5, 0.6) is 5.75 Å². The summed E-state index contributed by atoms with van der Waals surface area (Å²) in [7, 11) is 1.53. The molecule has 0 atom stereocenters. The normalized spacial score (nSPS) is 12.1. The Balaban J connectivity index is 2.29. The monoisotopic (exact) mass is 308 g/mol. The van der Waals surface area contributed by atoms with Crippen LogP contribution in [0.4, 0.5) is 18.9 Å². The topological polar surface area (TPSA) is 33.6 Å². The van der Waals surface area contributed by atoms with E-state index < -0.39 is 11.7 Å². The van der Waals surface area contributed by atoms with Crippen molar-refractivity contribution >= 4 is 11.4 Å². The molecule has 0 unspecified atom stereocenters.